The SMILES string of the molecule is Cc1cccc([C@H](CC(=O)O)NC(=O)c2cc(=O)n(-c3ccc(F)cc3)[nH]2)c1. The third kappa shape index (κ3) is 4.35. The van der Waals surface area contributed by atoms with Crippen molar-refractivity contribution in [3.05, 3.63) is 87.6 Å². The first-order chi connectivity index (χ1) is 13.3. The molecule has 0 radical (unpaired) electrons. The first-order valence-electron chi connectivity index (χ1n) is 8.51. The minimum atomic E-state index is -1.07. The normalized spacial score (nSPS) is 11.8. The number of carbonyl (C=O) groups is 2. The number of carbonyl (C=O) groups excluding carboxylic acids is 1. The van der Waals surface area contributed by atoms with Crippen molar-refractivity contribution in [2.75, 3.05) is 0 Å². The van der Waals surface area contributed by atoms with Crippen LogP contribution < -0.4 is 10.9 Å². The molecule has 0 aliphatic carbocycles. The van der Waals surface area contributed by atoms with E-state index in [1.165, 1.54) is 24.3 Å². The van der Waals surface area contributed by atoms with E-state index >= 15 is 0 Å². The fourth-order valence-corrected chi connectivity index (χ4v) is 2.84. The molecule has 0 saturated heterocycles. The van der Waals surface area contributed by atoms with Crippen LogP contribution in [0.5, 0.6) is 0 Å². The Hall–Kier alpha value is -3.68. The zero-order valence-electron chi connectivity index (χ0n) is 15.0. The van der Waals surface area contributed by atoms with E-state index in [4.69, 9.17) is 0 Å². The molecule has 0 saturated carbocycles. The summed E-state index contributed by atoms with van der Waals surface area (Å²) in [6, 6.07) is 12.7. The van der Waals surface area contributed by atoms with Crippen molar-refractivity contribution in [3.8, 4) is 5.69 Å². The van der Waals surface area contributed by atoms with Gasteiger partial charge in [-0.15, -0.1) is 0 Å². The summed E-state index contributed by atoms with van der Waals surface area (Å²) in [6.07, 6.45) is -0.307. The van der Waals surface area contributed by atoms with Gasteiger partial charge in [-0.05, 0) is 36.8 Å². The average molecular weight is 383 g/mol. The standard InChI is InChI=1S/C20H18FN3O4/c1-12-3-2-4-13(9-12)16(11-19(26)27)22-20(28)17-10-18(25)24(23-17)15-7-5-14(21)6-8-15/h2-10,16,23H,11H2,1H3,(H,22,28)(H,26,27)/t16-/m0/s1. The largest absolute Gasteiger partial charge is 0.481 e. The number of carboxylic acid groups (broad SMARTS) is 1. The Morgan fingerprint density at radius 1 is 1.18 bits per heavy atom. The number of hydrogen-bond donors (Lipinski definition) is 3. The predicted octanol–water partition coefficient (Wildman–Crippen LogP) is 2.56. The maximum atomic E-state index is 13.1. The van der Waals surface area contributed by atoms with Gasteiger partial charge >= 0.3 is 5.97 Å². The number of benzene rings is 2. The molecule has 1 amide bonds. The second kappa shape index (κ2) is 7.91. The highest BCUT2D eigenvalue weighted by molar-refractivity contribution is 5.92. The Morgan fingerprint density at radius 2 is 1.89 bits per heavy atom. The maximum Gasteiger partial charge on any atom is 0.305 e. The summed E-state index contributed by atoms with van der Waals surface area (Å²) in [6.45, 7) is 1.86. The van der Waals surface area contributed by atoms with Crippen LogP contribution in [0.1, 0.15) is 34.1 Å². The first kappa shape index (κ1) is 19.1. The molecule has 144 valence electrons. The molecular formula is C20H18FN3O4. The molecule has 1 atom stereocenters. The van der Waals surface area contributed by atoms with E-state index in [1.54, 1.807) is 18.2 Å². The molecule has 3 N–H and O–H groups in total. The third-order valence-corrected chi connectivity index (χ3v) is 4.18. The minimum absolute atomic E-state index is 0.0302. The number of hydrogen-bond acceptors (Lipinski definition) is 3. The lowest BCUT2D eigenvalue weighted by atomic mass is 10.0. The Bertz CT molecular complexity index is 1070. The van der Waals surface area contributed by atoms with Crippen LogP contribution in [0.2, 0.25) is 0 Å². The van der Waals surface area contributed by atoms with Gasteiger partial charge in [-0.3, -0.25) is 19.5 Å². The molecule has 0 aliphatic rings. The van der Waals surface area contributed by atoms with Gasteiger partial charge in [0.25, 0.3) is 11.5 Å². The van der Waals surface area contributed by atoms with Crippen LogP contribution >= 0.6 is 0 Å². The number of aliphatic carboxylic acids is 1. The quantitative estimate of drug-likeness (QED) is 0.608. The maximum absolute atomic E-state index is 13.1. The molecular weight excluding hydrogens is 365 g/mol. The molecule has 0 aliphatic heterocycles. The monoisotopic (exact) mass is 383 g/mol. The fraction of sp³-hybridized carbons (Fsp3) is 0.150. The Labute approximate surface area is 159 Å². The Balaban J connectivity index is 1.86. The molecule has 0 spiro atoms. The summed E-state index contributed by atoms with van der Waals surface area (Å²) in [5, 5.41) is 14.5. The van der Waals surface area contributed by atoms with Gasteiger partial charge in [-0.25, -0.2) is 9.07 Å². The number of amides is 1. The molecule has 1 aromatic heterocycles. The summed E-state index contributed by atoms with van der Waals surface area (Å²) in [7, 11) is 0. The summed E-state index contributed by atoms with van der Waals surface area (Å²) >= 11 is 0. The van der Waals surface area contributed by atoms with Gasteiger partial charge in [0.1, 0.15) is 11.5 Å². The molecule has 0 fully saturated rings. The van der Waals surface area contributed by atoms with Crippen LogP contribution in [0.15, 0.2) is 59.4 Å². The highest BCUT2D eigenvalue weighted by atomic mass is 19.1. The van der Waals surface area contributed by atoms with Crippen LogP contribution in [-0.2, 0) is 4.79 Å². The van der Waals surface area contributed by atoms with Crippen molar-refractivity contribution in [1.29, 1.82) is 0 Å². The van der Waals surface area contributed by atoms with Crippen molar-refractivity contribution in [3.63, 3.8) is 0 Å². The third-order valence-electron chi connectivity index (χ3n) is 4.18. The Morgan fingerprint density at radius 3 is 2.54 bits per heavy atom. The van der Waals surface area contributed by atoms with Gasteiger partial charge in [0, 0.05) is 6.07 Å². The molecule has 3 rings (SSSR count). The number of nitrogens with one attached hydrogen (secondary N) is 2. The van der Waals surface area contributed by atoms with Gasteiger partial charge in [-0.2, -0.15) is 0 Å². The number of aromatic amines is 1. The molecule has 7 nitrogen and oxygen atoms in total. The molecule has 0 unspecified atom stereocenters. The average Bonchev–Trinajstić information content (AvgIpc) is 3.03. The van der Waals surface area contributed by atoms with Crippen LogP contribution in [-0.4, -0.2) is 26.8 Å². The van der Waals surface area contributed by atoms with Crippen LogP contribution in [0.3, 0.4) is 0 Å². The van der Waals surface area contributed by atoms with E-state index < -0.39 is 29.3 Å². The highest BCUT2D eigenvalue weighted by Gasteiger charge is 2.21. The molecule has 0 bridgehead atoms. The summed E-state index contributed by atoms with van der Waals surface area (Å²) in [4.78, 5) is 36.0. The lowest BCUT2D eigenvalue weighted by Gasteiger charge is -2.17. The molecule has 28 heavy (non-hydrogen) atoms. The van der Waals surface area contributed by atoms with Crippen molar-refractivity contribution in [2.45, 2.75) is 19.4 Å². The molecule has 3 aromatic rings. The summed E-state index contributed by atoms with van der Waals surface area (Å²) in [5.74, 6) is -2.13. The van der Waals surface area contributed by atoms with E-state index in [0.717, 1.165) is 16.3 Å². The lowest BCUT2D eigenvalue weighted by Crippen LogP contribution is -2.30. The number of aromatic nitrogens is 2. The van der Waals surface area contributed by atoms with Crippen LogP contribution in [0.4, 0.5) is 4.39 Å². The number of carboxylic acids is 1. The van der Waals surface area contributed by atoms with E-state index in [2.05, 4.69) is 10.4 Å². The zero-order valence-corrected chi connectivity index (χ0v) is 15.0. The fourth-order valence-electron chi connectivity index (χ4n) is 2.84. The first-order valence-corrected chi connectivity index (χ1v) is 8.51. The lowest BCUT2D eigenvalue weighted by molar-refractivity contribution is -0.137. The topological polar surface area (TPSA) is 104 Å². The van der Waals surface area contributed by atoms with E-state index in [-0.39, 0.29) is 12.1 Å². The van der Waals surface area contributed by atoms with E-state index in [1.807, 2.05) is 13.0 Å². The predicted molar refractivity (Wildman–Crippen MR) is 100.0 cm³/mol. The molecule has 8 heteroatoms. The van der Waals surface area contributed by atoms with E-state index in [9.17, 15) is 23.9 Å². The van der Waals surface area contributed by atoms with Crippen molar-refractivity contribution < 1.29 is 19.1 Å². The van der Waals surface area contributed by atoms with Gasteiger partial charge in [0.05, 0.1) is 18.2 Å². The summed E-state index contributed by atoms with van der Waals surface area (Å²) < 4.78 is 14.2. The van der Waals surface area contributed by atoms with Crippen LogP contribution in [0.25, 0.3) is 5.69 Å². The minimum Gasteiger partial charge on any atom is -0.481 e. The summed E-state index contributed by atoms with van der Waals surface area (Å²) in [5.41, 5.74) is 1.42. The van der Waals surface area contributed by atoms with Crippen molar-refractivity contribution >= 4 is 11.9 Å². The van der Waals surface area contributed by atoms with Crippen molar-refractivity contribution in [1.82, 2.24) is 15.1 Å². The number of nitrogens with zero attached hydrogens (tertiary/aromatic N) is 1. The van der Waals surface area contributed by atoms with Gasteiger partial charge < -0.3 is 10.4 Å². The smallest absolute Gasteiger partial charge is 0.305 e. The number of aryl methyl sites for hydroxylation is 1. The molecule has 1 heterocycles. The zero-order chi connectivity index (χ0) is 20.3. The van der Waals surface area contributed by atoms with Crippen LogP contribution in [0, 0.1) is 12.7 Å². The number of rotatable bonds is 6. The second-order valence-electron chi connectivity index (χ2n) is 6.36. The number of halogens is 1. The Kier molecular flexibility index (Phi) is 5.39. The van der Waals surface area contributed by atoms with Gasteiger partial charge in [0.2, 0.25) is 0 Å². The molecule has 2 aromatic carbocycles. The highest BCUT2D eigenvalue weighted by Crippen LogP contribution is 2.19. The van der Waals surface area contributed by atoms with Gasteiger partial charge in [0.15, 0.2) is 0 Å². The van der Waals surface area contributed by atoms with E-state index in [0.29, 0.717) is 11.3 Å². The second-order valence-corrected chi connectivity index (χ2v) is 6.36. The van der Waals surface area contributed by atoms with Crippen molar-refractivity contribution in [2.24, 2.45) is 0 Å². The van der Waals surface area contributed by atoms with Gasteiger partial charge in [-0.1, -0.05) is 29.8 Å². The number of H-pyrrole nitrogens is 1.